The lowest BCUT2D eigenvalue weighted by Crippen LogP contribution is -2.09. The first-order valence-electron chi connectivity index (χ1n) is 5.03. The number of allylic oxidation sites excluding steroid dienone is 1. The highest BCUT2D eigenvalue weighted by molar-refractivity contribution is 9.10. The predicted molar refractivity (Wildman–Crippen MR) is 65.8 cm³/mol. The highest BCUT2D eigenvalue weighted by Crippen LogP contribution is 2.17. The Morgan fingerprint density at radius 3 is 2.72 bits per heavy atom. The second-order valence-corrected chi connectivity index (χ2v) is 4.10. The molecule has 0 aliphatic heterocycles. The van der Waals surface area contributed by atoms with Gasteiger partial charge in [0.1, 0.15) is 5.82 Å². The molecule has 96 valence electrons. The number of hydrogen-bond acceptors (Lipinski definition) is 4. The van der Waals surface area contributed by atoms with Crippen LogP contribution in [-0.2, 0) is 9.53 Å². The van der Waals surface area contributed by atoms with Gasteiger partial charge in [-0.15, -0.1) is 0 Å². The molecule has 0 aliphatic carbocycles. The molecular weight excluding hydrogens is 307 g/mol. The number of halogens is 2. The quantitative estimate of drug-likeness (QED) is 0.401. The third-order valence-corrected chi connectivity index (χ3v) is 2.56. The number of hydrogen-bond donors (Lipinski definition) is 1. The Labute approximate surface area is 111 Å². The number of esters is 1. The molecule has 0 aliphatic rings. The molecule has 1 N–H and O–H groups in total. The van der Waals surface area contributed by atoms with Gasteiger partial charge >= 0.3 is 5.97 Å². The van der Waals surface area contributed by atoms with E-state index >= 15 is 0 Å². The lowest BCUT2D eigenvalue weighted by atomic mass is 10.1. The summed E-state index contributed by atoms with van der Waals surface area (Å²) in [4.78, 5) is 22.7. The van der Waals surface area contributed by atoms with E-state index in [1.807, 2.05) is 0 Å². The molecule has 0 amide bonds. The normalized spacial score (nSPS) is 11.2. The third-order valence-electron chi connectivity index (χ3n) is 1.96. The van der Waals surface area contributed by atoms with Gasteiger partial charge in [-0.2, -0.15) is 0 Å². The van der Waals surface area contributed by atoms with Gasteiger partial charge in [-0.3, -0.25) is 4.79 Å². The number of carbonyl (C=O) groups is 2. The highest BCUT2D eigenvalue weighted by atomic mass is 79.9. The highest BCUT2D eigenvalue weighted by Gasteiger charge is 2.13. The first-order chi connectivity index (χ1) is 8.45. The van der Waals surface area contributed by atoms with Gasteiger partial charge in [-0.25, -0.2) is 9.18 Å². The van der Waals surface area contributed by atoms with Crippen LogP contribution in [-0.4, -0.2) is 23.5 Å². The lowest BCUT2D eigenvalue weighted by molar-refractivity contribution is -0.141. The van der Waals surface area contributed by atoms with Crippen LogP contribution in [0.5, 0.6) is 0 Å². The van der Waals surface area contributed by atoms with Crippen LogP contribution in [0.4, 0.5) is 4.39 Å². The molecule has 0 aromatic heterocycles. The van der Waals surface area contributed by atoms with Crippen LogP contribution < -0.4 is 0 Å². The Balaban J connectivity index is 2.91. The maximum Gasteiger partial charge on any atom is 0.373 e. The summed E-state index contributed by atoms with van der Waals surface area (Å²) in [6.07, 6.45) is 0.734. The van der Waals surface area contributed by atoms with Crippen LogP contribution >= 0.6 is 15.9 Å². The monoisotopic (exact) mass is 316 g/mol. The first kappa shape index (κ1) is 14.4. The van der Waals surface area contributed by atoms with E-state index in [2.05, 4.69) is 20.7 Å². The SMILES string of the molecule is CCOC(=O)C(O)=CC(=O)c1ccc(F)c(Br)c1. The van der Waals surface area contributed by atoms with E-state index in [9.17, 15) is 19.1 Å². The summed E-state index contributed by atoms with van der Waals surface area (Å²) >= 11 is 2.93. The van der Waals surface area contributed by atoms with E-state index in [1.54, 1.807) is 6.92 Å². The molecular formula is C12H10BrFO4. The van der Waals surface area contributed by atoms with E-state index < -0.39 is 23.3 Å². The minimum atomic E-state index is -0.980. The van der Waals surface area contributed by atoms with Crippen LogP contribution in [0.3, 0.4) is 0 Å². The number of rotatable bonds is 4. The van der Waals surface area contributed by atoms with Crippen LogP contribution in [0.1, 0.15) is 17.3 Å². The first-order valence-corrected chi connectivity index (χ1v) is 5.82. The molecule has 0 fully saturated rings. The molecule has 0 unspecified atom stereocenters. The van der Waals surface area contributed by atoms with E-state index in [1.165, 1.54) is 12.1 Å². The summed E-state index contributed by atoms with van der Waals surface area (Å²) < 4.78 is 17.6. The van der Waals surface area contributed by atoms with Gasteiger partial charge in [0.05, 0.1) is 11.1 Å². The number of ether oxygens (including phenoxy) is 1. The van der Waals surface area contributed by atoms with Crippen molar-refractivity contribution in [2.75, 3.05) is 6.61 Å². The number of aliphatic hydroxyl groups excluding tert-OH is 1. The van der Waals surface area contributed by atoms with Crippen molar-refractivity contribution in [1.29, 1.82) is 0 Å². The Bertz CT molecular complexity index is 511. The summed E-state index contributed by atoms with van der Waals surface area (Å²) in [7, 11) is 0. The molecule has 1 aromatic rings. The van der Waals surface area contributed by atoms with Gasteiger partial charge in [0.2, 0.25) is 5.76 Å². The molecule has 0 saturated heterocycles. The van der Waals surface area contributed by atoms with E-state index in [-0.39, 0.29) is 16.6 Å². The number of carbonyl (C=O) groups excluding carboxylic acids is 2. The Kier molecular flexibility index (Phi) is 5.03. The van der Waals surface area contributed by atoms with E-state index in [0.717, 1.165) is 12.1 Å². The van der Waals surface area contributed by atoms with Crippen molar-refractivity contribution in [1.82, 2.24) is 0 Å². The molecule has 0 radical (unpaired) electrons. The zero-order chi connectivity index (χ0) is 13.7. The average molecular weight is 317 g/mol. The molecule has 18 heavy (non-hydrogen) atoms. The third kappa shape index (κ3) is 3.66. The van der Waals surface area contributed by atoms with Crippen LogP contribution in [0.2, 0.25) is 0 Å². The van der Waals surface area contributed by atoms with Gasteiger partial charge in [0.15, 0.2) is 5.78 Å². The van der Waals surface area contributed by atoms with Gasteiger partial charge in [-0.1, -0.05) is 0 Å². The Morgan fingerprint density at radius 2 is 2.17 bits per heavy atom. The van der Waals surface area contributed by atoms with Crippen molar-refractivity contribution in [3.63, 3.8) is 0 Å². The van der Waals surface area contributed by atoms with Gasteiger partial charge in [-0.05, 0) is 41.1 Å². The second-order valence-electron chi connectivity index (χ2n) is 3.24. The standard InChI is InChI=1S/C12H10BrFO4/c1-2-18-12(17)11(16)6-10(15)7-3-4-9(14)8(13)5-7/h3-6,16H,2H2,1H3. The second kappa shape index (κ2) is 6.30. The van der Waals surface area contributed by atoms with Crippen molar-refractivity contribution in [2.24, 2.45) is 0 Å². The topological polar surface area (TPSA) is 63.6 Å². The molecule has 0 bridgehead atoms. The van der Waals surface area contributed by atoms with Crippen molar-refractivity contribution in [3.05, 3.63) is 45.9 Å². The van der Waals surface area contributed by atoms with E-state index in [4.69, 9.17) is 0 Å². The molecule has 1 rings (SSSR count). The van der Waals surface area contributed by atoms with Crippen molar-refractivity contribution in [2.45, 2.75) is 6.92 Å². The van der Waals surface area contributed by atoms with Crippen LogP contribution in [0.15, 0.2) is 34.5 Å². The number of ketones is 1. The molecule has 0 saturated carbocycles. The molecule has 1 aromatic carbocycles. The zero-order valence-electron chi connectivity index (χ0n) is 9.44. The fourth-order valence-electron chi connectivity index (χ4n) is 1.12. The predicted octanol–water partition coefficient (Wildman–Crippen LogP) is 2.78. The molecule has 0 heterocycles. The summed E-state index contributed by atoms with van der Waals surface area (Å²) in [5, 5.41) is 9.28. The van der Waals surface area contributed by atoms with Crippen LogP contribution in [0.25, 0.3) is 0 Å². The minimum absolute atomic E-state index is 0.0903. The fourth-order valence-corrected chi connectivity index (χ4v) is 1.50. The number of benzene rings is 1. The minimum Gasteiger partial charge on any atom is -0.502 e. The molecule has 6 heteroatoms. The van der Waals surface area contributed by atoms with Gasteiger partial charge in [0, 0.05) is 11.6 Å². The van der Waals surface area contributed by atoms with Crippen LogP contribution in [0, 0.1) is 5.82 Å². The molecule has 0 spiro atoms. The molecule has 0 atom stereocenters. The van der Waals surface area contributed by atoms with E-state index in [0.29, 0.717) is 0 Å². The molecule has 4 nitrogen and oxygen atoms in total. The van der Waals surface area contributed by atoms with Gasteiger partial charge < -0.3 is 9.84 Å². The lowest BCUT2D eigenvalue weighted by Gasteiger charge is -2.01. The Hall–Kier alpha value is -1.69. The van der Waals surface area contributed by atoms with Crippen molar-refractivity contribution in [3.8, 4) is 0 Å². The Morgan fingerprint density at radius 1 is 1.50 bits per heavy atom. The summed E-state index contributed by atoms with van der Waals surface area (Å²) in [6, 6.07) is 3.61. The summed E-state index contributed by atoms with van der Waals surface area (Å²) in [5.74, 6) is -2.90. The average Bonchev–Trinajstić information content (AvgIpc) is 2.32. The largest absolute Gasteiger partial charge is 0.502 e. The maximum atomic E-state index is 13.0. The smallest absolute Gasteiger partial charge is 0.373 e. The zero-order valence-corrected chi connectivity index (χ0v) is 11.0. The summed E-state index contributed by atoms with van der Waals surface area (Å²) in [5.41, 5.74) is 0.138. The van der Waals surface area contributed by atoms with Gasteiger partial charge in [0.25, 0.3) is 0 Å². The fraction of sp³-hybridized carbons (Fsp3) is 0.167. The van der Waals surface area contributed by atoms with Crippen molar-refractivity contribution < 1.29 is 23.8 Å². The number of aliphatic hydroxyl groups is 1. The van der Waals surface area contributed by atoms with Crippen molar-refractivity contribution >= 4 is 27.7 Å². The maximum absolute atomic E-state index is 13.0. The summed E-state index contributed by atoms with van der Waals surface area (Å²) in [6.45, 7) is 1.66.